The van der Waals surface area contributed by atoms with Gasteiger partial charge in [-0.15, -0.1) is 0 Å². The van der Waals surface area contributed by atoms with Crippen LogP contribution in [0.1, 0.15) is 40.5 Å². The highest BCUT2D eigenvalue weighted by Crippen LogP contribution is 2.10. The second-order valence-corrected chi connectivity index (χ2v) is 8.10. The molecule has 9 heteroatoms. The third-order valence-corrected chi connectivity index (χ3v) is 4.28. The number of carbonyl (C=O) groups is 4. The van der Waals surface area contributed by atoms with Crippen molar-refractivity contribution in [3.63, 3.8) is 0 Å². The fraction of sp³-hybridized carbons (Fsp3) is 0.545. The van der Waals surface area contributed by atoms with Gasteiger partial charge in [0.05, 0.1) is 12.6 Å². The molecule has 0 aliphatic carbocycles. The SMILES string of the molecule is CC(C)C[C@H](NC(=O)O)C(=O)N[C@@H](CC(C)C)C(=O)C(=O)NCCOc1ccccc1. The molecule has 0 fully saturated rings. The summed E-state index contributed by atoms with van der Waals surface area (Å²) in [5.74, 6) is -1.51. The minimum absolute atomic E-state index is 0.0273. The van der Waals surface area contributed by atoms with Crippen LogP contribution >= 0.6 is 0 Å². The van der Waals surface area contributed by atoms with Crippen molar-refractivity contribution < 1.29 is 29.0 Å². The first-order valence-corrected chi connectivity index (χ1v) is 10.4. The fourth-order valence-corrected chi connectivity index (χ4v) is 2.92. The van der Waals surface area contributed by atoms with E-state index in [-0.39, 0.29) is 37.8 Å². The van der Waals surface area contributed by atoms with E-state index in [0.29, 0.717) is 5.75 Å². The number of rotatable bonds is 13. The summed E-state index contributed by atoms with van der Waals surface area (Å²) < 4.78 is 5.47. The quantitative estimate of drug-likeness (QED) is 0.276. The highest BCUT2D eigenvalue weighted by Gasteiger charge is 2.30. The summed E-state index contributed by atoms with van der Waals surface area (Å²) in [6.07, 6.45) is -0.812. The maximum absolute atomic E-state index is 12.6. The van der Waals surface area contributed by atoms with Crippen molar-refractivity contribution in [2.24, 2.45) is 11.8 Å². The Labute approximate surface area is 182 Å². The van der Waals surface area contributed by atoms with Gasteiger partial charge in [0.15, 0.2) is 0 Å². The van der Waals surface area contributed by atoms with E-state index in [0.717, 1.165) is 0 Å². The number of Topliss-reactive ketones (excluding diaryl/α,β-unsaturated/α-hetero) is 1. The van der Waals surface area contributed by atoms with Crippen molar-refractivity contribution in [1.82, 2.24) is 16.0 Å². The number of ether oxygens (including phenoxy) is 1. The third kappa shape index (κ3) is 10.5. The van der Waals surface area contributed by atoms with Gasteiger partial charge in [-0.3, -0.25) is 14.4 Å². The lowest BCUT2D eigenvalue weighted by Gasteiger charge is -2.23. The van der Waals surface area contributed by atoms with Gasteiger partial charge in [-0.2, -0.15) is 0 Å². The molecule has 172 valence electrons. The van der Waals surface area contributed by atoms with Crippen molar-refractivity contribution in [3.05, 3.63) is 30.3 Å². The molecule has 0 bridgehead atoms. The van der Waals surface area contributed by atoms with Crippen LogP contribution in [0.3, 0.4) is 0 Å². The van der Waals surface area contributed by atoms with Crippen molar-refractivity contribution in [2.45, 2.75) is 52.6 Å². The zero-order chi connectivity index (χ0) is 23.4. The lowest BCUT2D eigenvalue weighted by molar-refractivity contribution is -0.140. The topological polar surface area (TPSA) is 134 Å². The maximum Gasteiger partial charge on any atom is 0.405 e. The third-order valence-electron chi connectivity index (χ3n) is 4.28. The van der Waals surface area contributed by atoms with Crippen LogP contribution in [-0.4, -0.2) is 54.0 Å². The van der Waals surface area contributed by atoms with Crippen LogP contribution in [0.15, 0.2) is 30.3 Å². The number of carboxylic acid groups (broad SMARTS) is 1. The smallest absolute Gasteiger partial charge is 0.405 e. The van der Waals surface area contributed by atoms with Crippen molar-refractivity contribution in [2.75, 3.05) is 13.2 Å². The molecule has 4 N–H and O–H groups in total. The number of amides is 3. The predicted octanol–water partition coefficient (Wildman–Crippen LogP) is 1.96. The van der Waals surface area contributed by atoms with Gasteiger partial charge in [0, 0.05) is 0 Å². The van der Waals surface area contributed by atoms with Gasteiger partial charge in [0.25, 0.3) is 5.91 Å². The van der Waals surface area contributed by atoms with Gasteiger partial charge in [-0.25, -0.2) is 4.79 Å². The fourth-order valence-electron chi connectivity index (χ4n) is 2.92. The molecule has 0 aromatic heterocycles. The van der Waals surface area contributed by atoms with Crippen molar-refractivity contribution in [1.29, 1.82) is 0 Å². The molecule has 0 radical (unpaired) electrons. The van der Waals surface area contributed by atoms with E-state index in [1.165, 1.54) is 0 Å². The highest BCUT2D eigenvalue weighted by molar-refractivity contribution is 6.38. The lowest BCUT2D eigenvalue weighted by Crippen LogP contribution is -2.54. The molecule has 0 unspecified atom stereocenters. The van der Waals surface area contributed by atoms with E-state index in [9.17, 15) is 19.2 Å². The second kappa shape index (κ2) is 13.3. The summed E-state index contributed by atoms with van der Waals surface area (Å²) >= 11 is 0. The Hall–Kier alpha value is -3.10. The van der Waals surface area contributed by atoms with Gasteiger partial charge >= 0.3 is 6.09 Å². The normalized spacial score (nSPS) is 12.7. The van der Waals surface area contributed by atoms with Crippen LogP contribution in [0.5, 0.6) is 5.75 Å². The van der Waals surface area contributed by atoms with E-state index in [2.05, 4.69) is 16.0 Å². The average molecular weight is 436 g/mol. The molecule has 9 nitrogen and oxygen atoms in total. The molecule has 0 spiro atoms. The van der Waals surface area contributed by atoms with Gasteiger partial charge in [0.1, 0.15) is 18.4 Å². The highest BCUT2D eigenvalue weighted by atomic mass is 16.5. The number of hydrogen-bond acceptors (Lipinski definition) is 5. The van der Waals surface area contributed by atoms with Gasteiger partial charge < -0.3 is 25.8 Å². The molecule has 2 atom stereocenters. The molecule has 31 heavy (non-hydrogen) atoms. The van der Waals surface area contributed by atoms with Crippen LogP contribution in [0, 0.1) is 11.8 Å². The Kier molecular flexibility index (Phi) is 11.1. The molecule has 0 saturated carbocycles. The number of ketones is 1. The second-order valence-electron chi connectivity index (χ2n) is 8.10. The summed E-state index contributed by atoms with van der Waals surface area (Å²) in [7, 11) is 0. The zero-order valence-corrected chi connectivity index (χ0v) is 18.5. The number of benzene rings is 1. The van der Waals surface area contributed by atoms with Crippen LogP contribution in [-0.2, 0) is 14.4 Å². The largest absolute Gasteiger partial charge is 0.492 e. The minimum Gasteiger partial charge on any atom is -0.492 e. The Balaban J connectivity index is 2.68. The van der Waals surface area contributed by atoms with Crippen molar-refractivity contribution in [3.8, 4) is 5.75 Å². The van der Waals surface area contributed by atoms with Crippen LogP contribution in [0.2, 0.25) is 0 Å². The van der Waals surface area contributed by atoms with Gasteiger partial charge in [0.2, 0.25) is 11.7 Å². The zero-order valence-electron chi connectivity index (χ0n) is 18.5. The van der Waals surface area contributed by atoms with Crippen LogP contribution < -0.4 is 20.7 Å². The number of para-hydroxylation sites is 1. The monoisotopic (exact) mass is 435 g/mol. The van der Waals surface area contributed by atoms with E-state index in [1.54, 1.807) is 12.1 Å². The Morgan fingerprint density at radius 1 is 0.903 bits per heavy atom. The molecule has 3 amide bonds. The molecular formula is C22H33N3O6. The first-order valence-electron chi connectivity index (χ1n) is 10.4. The van der Waals surface area contributed by atoms with E-state index in [1.807, 2.05) is 45.9 Å². The average Bonchev–Trinajstić information content (AvgIpc) is 2.69. The van der Waals surface area contributed by atoms with E-state index in [4.69, 9.17) is 9.84 Å². The molecule has 0 saturated heterocycles. The van der Waals surface area contributed by atoms with Crippen molar-refractivity contribution >= 4 is 23.7 Å². The summed E-state index contributed by atoms with van der Waals surface area (Å²) in [5, 5.41) is 16.2. The number of nitrogens with one attached hydrogen (secondary N) is 3. The molecule has 0 heterocycles. The Morgan fingerprint density at radius 2 is 1.48 bits per heavy atom. The number of carbonyl (C=O) groups excluding carboxylic acids is 3. The molecule has 1 aromatic rings. The molecule has 0 aliphatic heterocycles. The predicted molar refractivity (Wildman–Crippen MR) is 116 cm³/mol. The molecule has 1 aromatic carbocycles. The lowest BCUT2D eigenvalue weighted by atomic mass is 9.98. The first-order chi connectivity index (χ1) is 14.6. The molecule has 1 rings (SSSR count). The minimum atomic E-state index is -1.33. The summed E-state index contributed by atoms with van der Waals surface area (Å²) in [5.41, 5.74) is 0. The van der Waals surface area contributed by atoms with Crippen LogP contribution in [0.25, 0.3) is 0 Å². The Morgan fingerprint density at radius 3 is 2.03 bits per heavy atom. The summed E-state index contributed by atoms with van der Waals surface area (Å²) in [6.45, 7) is 7.73. The Bertz CT molecular complexity index is 736. The van der Waals surface area contributed by atoms with E-state index >= 15 is 0 Å². The van der Waals surface area contributed by atoms with Gasteiger partial charge in [-0.05, 0) is 36.8 Å². The molecule has 0 aliphatic rings. The summed E-state index contributed by atoms with van der Waals surface area (Å²) in [4.78, 5) is 48.6. The van der Waals surface area contributed by atoms with E-state index < -0.39 is 35.8 Å². The first kappa shape index (κ1) is 25.9. The summed E-state index contributed by atoms with van der Waals surface area (Å²) in [6, 6.07) is 6.99. The van der Waals surface area contributed by atoms with Crippen LogP contribution in [0.4, 0.5) is 4.79 Å². The number of hydrogen-bond donors (Lipinski definition) is 4. The molecular weight excluding hydrogens is 402 g/mol. The maximum atomic E-state index is 12.6. The standard InChI is InChI=1S/C22H33N3O6/c1-14(2)12-17(24-20(27)18(13-15(3)4)25-22(29)30)19(26)21(28)23-10-11-31-16-8-6-5-7-9-16/h5-9,14-15,17-18,25H,10-13H2,1-4H3,(H,23,28)(H,24,27)(H,29,30)/t17-,18-/m0/s1. The van der Waals surface area contributed by atoms with Gasteiger partial charge in [-0.1, -0.05) is 45.9 Å².